The smallest absolute Gasteiger partial charge is 0.124 e. The zero-order chi connectivity index (χ0) is 13.5. The number of pyridine rings is 1. The molecule has 4 heteroatoms. The molecule has 1 unspecified atom stereocenters. The molecule has 1 aromatic heterocycles. The van der Waals surface area contributed by atoms with E-state index in [-0.39, 0.29) is 6.04 Å². The van der Waals surface area contributed by atoms with Crippen molar-refractivity contribution in [2.45, 2.75) is 18.0 Å². The number of hydrogen-bond acceptors (Lipinski definition) is 4. The lowest BCUT2D eigenvalue weighted by atomic mass is 10.1. The molecule has 0 spiro atoms. The summed E-state index contributed by atoms with van der Waals surface area (Å²) in [5.74, 6) is 1.65. The van der Waals surface area contributed by atoms with Gasteiger partial charge in [-0.25, -0.2) is 4.98 Å². The third kappa shape index (κ3) is 3.98. The number of thioether (sulfide) groups is 1. The molecule has 2 N–H and O–H groups in total. The summed E-state index contributed by atoms with van der Waals surface area (Å²) in [6.45, 7) is 2.63. The molecule has 0 bridgehead atoms. The van der Waals surface area contributed by atoms with Crippen molar-refractivity contribution in [2.24, 2.45) is 5.73 Å². The fourth-order valence-corrected chi connectivity index (χ4v) is 2.61. The highest BCUT2D eigenvalue weighted by Crippen LogP contribution is 2.27. The zero-order valence-corrected chi connectivity index (χ0v) is 11.8. The van der Waals surface area contributed by atoms with Crippen LogP contribution >= 0.6 is 11.8 Å². The summed E-state index contributed by atoms with van der Waals surface area (Å²) < 4.78 is 5.61. The van der Waals surface area contributed by atoms with Gasteiger partial charge in [0.25, 0.3) is 0 Å². The van der Waals surface area contributed by atoms with Crippen molar-refractivity contribution in [1.29, 1.82) is 0 Å². The summed E-state index contributed by atoms with van der Waals surface area (Å²) in [5, 5.41) is 0.992. The van der Waals surface area contributed by atoms with Gasteiger partial charge in [-0.3, -0.25) is 0 Å². The summed E-state index contributed by atoms with van der Waals surface area (Å²) in [6, 6.07) is 13.8. The minimum Gasteiger partial charge on any atom is -0.494 e. The Bertz CT molecular complexity index is 505. The van der Waals surface area contributed by atoms with Gasteiger partial charge in [0.15, 0.2) is 0 Å². The molecule has 2 aromatic rings. The lowest BCUT2D eigenvalue weighted by Crippen LogP contribution is -2.14. The minimum absolute atomic E-state index is 0.0604. The molecule has 19 heavy (non-hydrogen) atoms. The van der Waals surface area contributed by atoms with Crippen molar-refractivity contribution < 1.29 is 4.74 Å². The van der Waals surface area contributed by atoms with Gasteiger partial charge < -0.3 is 10.5 Å². The number of benzene rings is 1. The van der Waals surface area contributed by atoms with Crippen LogP contribution in [0.2, 0.25) is 0 Å². The molecule has 0 amide bonds. The molecule has 1 aromatic carbocycles. The zero-order valence-electron chi connectivity index (χ0n) is 11.0. The quantitative estimate of drug-likeness (QED) is 0.821. The van der Waals surface area contributed by atoms with Gasteiger partial charge in [0, 0.05) is 23.6 Å². The van der Waals surface area contributed by atoms with Crippen molar-refractivity contribution in [3.05, 3.63) is 54.2 Å². The summed E-state index contributed by atoms with van der Waals surface area (Å²) in [4.78, 5) is 4.28. The molecule has 0 aliphatic rings. The summed E-state index contributed by atoms with van der Waals surface area (Å²) >= 11 is 1.66. The van der Waals surface area contributed by atoms with Crippen molar-refractivity contribution in [3.8, 4) is 5.75 Å². The van der Waals surface area contributed by atoms with Crippen LogP contribution in [0.25, 0.3) is 0 Å². The molecule has 0 aliphatic heterocycles. The molecule has 100 valence electrons. The third-order valence-electron chi connectivity index (χ3n) is 2.67. The molecule has 2 rings (SSSR count). The number of nitrogens with zero attached hydrogens (tertiary/aromatic N) is 1. The molecule has 1 atom stereocenters. The van der Waals surface area contributed by atoms with E-state index in [4.69, 9.17) is 10.5 Å². The lowest BCUT2D eigenvalue weighted by molar-refractivity contribution is 0.335. The highest BCUT2D eigenvalue weighted by atomic mass is 32.2. The Morgan fingerprint density at radius 3 is 2.74 bits per heavy atom. The molecule has 1 heterocycles. The van der Waals surface area contributed by atoms with Crippen LogP contribution in [0.5, 0.6) is 5.75 Å². The van der Waals surface area contributed by atoms with E-state index < -0.39 is 0 Å². The minimum atomic E-state index is -0.0604. The van der Waals surface area contributed by atoms with Crippen LogP contribution in [0, 0.1) is 0 Å². The first-order valence-corrected chi connectivity index (χ1v) is 7.31. The van der Waals surface area contributed by atoms with E-state index in [1.807, 2.05) is 49.4 Å². The van der Waals surface area contributed by atoms with Gasteiger partial charge >= 0.3 is 0 Å². The van der Waals surface area contributed by atoms with Crippen LogP contribution in [0.1, 0.15) is 18.5 Å². The number of hydrogen-bond donors (Lipinski definition) is 1. The maximum absolute atomic E-state index is 6.25. The predicted molar refractivity (Wildman–Crippen MR) is 79.5 cm³/mol. The van der Waals surface area contributed by atoms with Gasteiger partial charge in [-0.1, -0.05) is 24.3 Å². The van der Waals surface area contributed by atoms with E-state index in [2.05, 4.69) is 4.98 Å². The van der Waals surface area contributed by atoms with Gasteiger partial charge in [-0.2, -0.15) is 0 Å². The van der Waals surface area contributed by atoms with E-state index in [0.717, 1.165) is 22.1 Å². The highest BCUT2D eigenvalue weighted by molar-refractivity contribution is 7.99. The van der Waals surface area contributed by atoms with Gasteiger partial charge in [0.2, 0.25) is 0 Å². The molecule has 3 nitrogen and oxygen atoms in total. The summed E-state index contributed by atoms with van der Waals surface area (Å²) in [5.41, 5.74) is 7.29. The van der Waals surface area contributed by atoms with Crippen LogP contribution < -0.4 is 10.5 Å². The van der Waals surface area contributed by atoms with Crippen molar-refractivity contribution in [3.63, 3.8) is 0 Å². The number of nitrogens with two attached hydrogens (primary N) is 1. The Kier molecular flexibility index (Phi) is 5.24. The average Bonchev–Trinajstić information content (AvgIpc) is 2.47. The largest absolute Gasteiger partial charge is 0.494 e. The monoisotopic (exact) mass is 274 g/mol. The lowest BCUT2D eigenvalue weighted by Gasteiger charge is -2.15. The van der Waals surface area contributed by atoms with E-state index in [1.54, 1.807) is 18.0 Å². The van der Waals surface area contributed by atoms with Gasteiger partial charge in [-0.05, 0) is 25.1 Å². The maximum atomic E-state index is 6.25. The Balaban J connectivity index is 2.01. The number of ether oxygens (including phenoxy) is 1. The maximum Gasteiger partial charge on any atom is 0.124 e. The molecule has 0 radical (unpaired) electrons. The SMILES string of the molecule is CCOc1ccccc1C(N)CSc1ccccn1. The first kappa shape index (κ1) is 13.9. The van der Waals surface area contributed by atoms with Crippen LogP contribution in [-0.4, -0.2) is 17.3 Å². The topological polar surface area (TPSA) is 48.1 Å². The Labute approximate surface area is 118 Å². The van der Waals surface area contributed by atoms with Crippen molar-refractivity contribution >= 4 is 11.8 Å². The second kappa shape index (κ2) is 7.16. The Morgan fingerprint density at radius 1 is 1.21 bits per heavy atom. The molecule has 0 saturated carbocycles. The second-order valence-electron chi connectivity index (χ2n) is 4.06. The molecular formula is C15H18N2OS. The van der Waals surface area contributed by atoms with Gasteiger partial charge in [-0.15, -0.1) is 11.8 Å². The molecule has 0 aliphatic carbocycles. The fourth-order valence-electron chi connectivity index (χ4n) is 1.77. The van der Waals surface area contributed by atoms with E-state index in [0.29, 0.717) is 6.61 Å². The number of para-hydroxylation sites is 1. The van der Waals surface area contributed by atoms with Crippen LogP contribution in [0.4, 0.5) is 0 Å². The fraction of sp³-hybridized carbons (Fsp3) is 0.267. The summed E-state index contributed by atoms with van der Waals surface area (Å²) in [6.07, 6.45) is 1.79. The Morgan fingerprint density at radius 2 is 2.00 bits per heavy atom. The standard InChI is InChI=1S/C15H18N2OS/c1-2-18-14-8-4-3-7-12(14)13(16)11-19-15-9-5-6-10-17-15/h3-10,13H,2,11,16H2,1H3. The van der Waals surface area contributed by atoms with Crippen molar-refractivity contribution in [1.82, 2.24) is 4.98 Å². The first-order valence-electron chi connectivity index (χ1n) is 6.32. The number of aromatic nitrogens is 1. The van der Waals surface area contributed by atoms with Crippen LogP contribution in [-0.2, 0) is 0 Å². The molecular weight excluding hydrogens is 256 g/mol. The third-order valence-corrected chi connectivity index (χ3v) is 3.73. The number of rotatable bonds is 6. The molecule has 0 saturated heterocycles. The van der Waals surface area contributed by atoms with Gasteiger partial charge in [0.1, 0.15) is 5.75 Å². The average molecular weight is 274 g/mol. The Hall–Kier alpha value is -1.52. The van der Waals surface area contributed by atoms with E-state index in [9.17, 15) is 0 Å². The van der Waals surface area contributed by atoms with Gasteiger partial charge in [0.05, 0.1) is 11.6 Å². The normalized spacial score (nSPS) is 12.1. The molecule has 0 fully saturated rings. The predicted octanol–water partition coefficient (Wildman–Crippen LogP) is 3.27. The van der Waals surface area contributed by atoms with Crippen LogP contribution in [0.3, 0.4) is 0 Å². The summed E-state index contributed by atoms with van der Waals surface area (Å²) in [7, 11) is 0. The first-order chi connectivity index (χ1) is 9.31. The van der Waals surface area contributed by atoms with E-state index in [1.165, 1.54) is 0 Å². The van der Waals surface area contributed by atoms with Crippen LogP contribution in [0.15, 0.2) is 53.7 Å². The highest BCUT2D eigenvalue weighted by Gasteiger charge is 2.12. The van der Waals surface area contributed by atoms with E-state index >= 15 is 0 Å². The second-order valence-corrected chi connectivity index (χ2v) is 5.10. The van der Waals surface area contributed by atoms with Crippen molar-refractivity contribution in [2.75, 3.05) is 12.4 Å².